The third kappa shape index (κ3) is 1.68. The van der Waals surface area contributed by atoms with E-state index in [1.165, 1.54) is 0 Å². The summed E-state index contributed by atoms with van der Waals surface area (Å²) in [7, 11) is 1.70. The van der Waals surface area contributed by atoms with Gasteiger partial charge in [0, 0.05) is 19.1 Å². The Hall–Kier alpha value is -1.22. The summed E-state index contributed by atoms with van der Waals surface area (Å²) in [4.78, 5) is 0. The lowest BCUT2D eigenvalue weighted by Gasteiger charge is -2.25. The molecular formula is C11H14O3. The number of rotatable bonds is 2. The molecule has 0 aromatic heterocycles. The van der Waals surface area contributed by atoms with Gasteiger partial charge >= 0.3 is 0 Å². The van der Waals surface area contributed by atoms with Gasteiger partial charge in [0.2, 0.25) is 0 Å². The monoisotopic (exact) mass is 194 g/mol. The predicted octanol–water partition coefficient (Wildman–Crippen LogP) is 1.90. The third-order valence-electron chi connectivity index (χ3n) is 2.53. The van der Waals surface area contributed by atoms with Crippen LogP contribution in [0.1, 0.15) is 17.9 Å². The van der Waals surface area contributed by atoms with E-state index in [1.54, 1.807) is 19.2 Å². The molecule has 0 radical (unpaired) electrons. The number of hydrogen-bond acceptors (Lipinski definition) is 3. The van der Waals surface area contributed by atoms with Gasteiger partial charge in [-0.15, -0.1) is 0 Å². The van der Waals surface area contributed by atoms with Gasteiger partial charge in [0.25, 0.3) is 0 Å². The quantitative estimate of drug-likeness (QED) is 0.781. The lowest BCUT2D eigenvalue weighted by molar-refractivity contribution is 0.153. The molecule has 0 fully saturated rings. The Morgan fingerprint density at radius 1 is 1.57 bits per heavy atom. The van der Waals surface area contributed by atoms with Gasteiger partial charge in [-0.2, -0.15) is 0 Å². The van der Waals surface area contributed by atoms with E-state index < -0.39 is 0 Å². The first kappa shape index (κ1) is 9.34. The Labute approximate surface area is 83.3 Å². The van der Waals surface area contributed by atoms with Crippen LogP contribution in [0.2, 0.25) is 0 Å². The van der Waals surface area contributed by atoms with Gasteiger partial charge in [-0.05, 0) is 18.1 Å². The summed E-state index contributed by atoms with van der Waals surface area (Å²) < 4.78 is 10.6. The summed E-state index contributed by atoms with van der Waals surface area (Å²) in [6, 6.07) is 5.26. The molecule has 0 amide bonds. The summed E-state index contributed by atoms with van der Waals surface area (Å²) in [6.07, 6.45) is 0.978. The van der Waals surface area contributed by atoms with Gasteiger partial charge in [0.05, 0.1) is 13.2 Å². The molecule has 1 atom stereocenters. The van der Waals surface area contributed by atoms with E-state index in [-0.39, 0.29) is 5.75 Å². The van der Waals surface area contributed by atoms with Crippen LogP contribution >= 0.6 is 0 Å². The molecule has 1 N–H and O–H groups in total. The molecule has 1 aliphatic rings. The minimum absolute atomic E-state index is 0.252. The van der Waals surface area contributed by atoms with Crippen LogP contribution in [0.4, 0.5) is 0 Å². The molecule has 0 spiro atoms. The van der Waals surface area contributed by atoms with E-state index in [9.17, 15) is 5.11 Å². The second-order valence-corrected chi connectivity index (χ2v) is 3.51. The molecule has 76 valence electrons. The Kier molecular flexibility index (Phi) is 2.59. The van der Waals surface area contributed by atoms with Crippen molar-refractivity contribution >= 4 is 0 Å². The van der Waals surface area contributed by atoms with Crippen LogP contribution < -0.4 is 4.74 Å². The fourth-order valence-electron chi connectivity index (χ4n) is 1.83. The molecule has 0 saturated heterocycles. The number of hydrogen-bond donors (Lipinski definition) is 1. The molecule has 0 aliphatic carbocycles. The highest BCUT2D eigenvalue weighted by atomic mass is 16.5. The molecule has 1 aromatic carbocycles. The van der Waals surface area contributed by atoms with Crippen molar-refractivity contribution in [1.29, 1.82) is 0 Å². The second-order valence-electron chi connectivity index (χ2n) is 3.51. The Balaban J connectivity index is 2.30. The first-order chi connectivity index (χ1) is 6.81. The molecule has 3 heteroatoms. The average Bonchev–Trinajstić information content (AvgIpc) is 2.18. The maximum absolute atomic E-state index is 9.29. The molecule has 3 nitrogen and oxygen atoms in total. The standard InChI is InChI=1S/C11H14O3/c1-13-7-8-4-5-14-11-6-9(12)2-3-10(8)11/h2-3,6,8,12H,4-5,7H2,1H3. The van der Waals surface area contributed by atoms with E-state index in [1.807, 2.05) is 6.07 Å². The molecule has 14 heavy (non-hydrogen) atoms. The Morgan fingerprint density at radius 3 is 3.21 bits per heavy atom. The van der Waals surface area contributed by atoms with Crippen LogP contribution in [-0.4, -0.2) is 25.4 Å². The van der Waals surface area contributed by atoms with E-state index in [4.69, 9.17) is 9.47 Å². The number of fused-ring (bicyclic) bond motifs is 1. The number of aromatic hydroxyl groups is 1. The molecule has 1 aliphatic heterocycles. The zero-order valence-corrected chi connectivity index (χ0v) is 8.19. The third-order valence-corrected chi connectivity index (χ3v) is 2.53. The summed E-state index contributed by atoms with van der Waals surface area (Å²) in [6.45, 7) is 1.41. The molecular weight excluding hydrogens is 180 g/mol. The van der Waals surface area contributed by atoms with Crippen molar-refractivity contribution in [2.45, 2.75) is 12.3 Å². The van der Waals surface area contributed by atoms with E-state index in [2.05, 4.69) is 0 Å². The van der Waals surface area contributed by atoms with Crippen molar-refractivity contribution in [3.8, 4) is 11.5 Å². The van der Waals surface area contributed by atoms with Crippen LogP contribution in [0.15, 0.2) is 18.2 Å². The average molecular weight is 194 g/mol. The molecule has 0 bridgehead atoms. The first-order valence-electron chi connectivity index (χ1n) is 4.76. The van der Waals surface area contributed by atoms with E-state index >= 15 is 0 Å². The minimum atomic E-state index is 0.252. The number of methoxy groups -OCH3 is 1. The fraction of sp³-hybridized carbons (Fsp3) is 0.455. The fourth-order valence-corrected chi connectivity index (χ4v) is 1.83. The van der Waals surface area contributed by atoms with Crippen LogP contribution in [0.5, 0.6) is 11.5 Å². The zero-order chi connectivity index (χ0) is 9.97. The Morgan fingerprint density at radius 2 is 2.43 bits per heavy atom. The summed E-state index contributed by atoms with van der Waals surface area (Å²) in [5.74, 6) is 1.43. The maximum atomic E-state index is 9.29. The number of ether oxygens (including phenoxy) is 2. The van der Waals surface area contributed by atoms with E-state index in [0.717, 1.165) is 17.7 Å². The van der Waals surface area contributed by atoms with Crippen LogP contribution in [0.3, 0.4) is 0 Å². The maximum Gasteiger partial charge on any atom is 0.126 e. The van der Waals surface area contributed by atoms with Crippen LogP contribution in [0, 0.1) is 0 Å². The van der Waals surface area contributed by atoms with Crippen molar-refractivity contribution in [3.63, 3.8) is 0 Å². The SMILES string of the molecule is COCC1CCOc2cc(O)ccc21. The zero-order valence-electron chi connectivity index (χ0n) is 8.19. The summed E-state index contributed by atoms with van der Waals surface area (Å²) in [5.41, 5.74) is 1.14. The van der Waals surface area contributed by atoms with Gasteiger partial charge in [0.15, 0.2) is 0 Å². The second kappa shape index (κ2) is 3.88. The highest BCUT2D eigenvalue weighted by molar-refractivity contribution is 5.43. The van der Waals surface area contributed by atoms with Gasteiger partial charge in [-0.25, -0.2) is 0 Å². The molecule has 2 rings (SSSR count). The molecule has 0 saturated carbocycles. The highest BCUT2D eigenvalue weighted by Gasteiger charge is 2.21. The molecule has 1 heterocycles. The molecule has 1 unspecified atom stereocenters. The van der Waals surface area contributed by atoms with Crippen molar-refractivity contribution < 1.29 is 14.6 Å². The Bertz CT molecular complexity index is 322. The number of phenolic OH excluding ortho intramolecular Hbond substituents is 1. The number of phenols is 1. The summed E-state index contributed by atoms with van der Waals surface area (Å²) >= 11 is 0. The van der Waals surface area contributed by atoms with Crippen molar-refractivity contribution in [2.24, 2.45) is 0 Å². The van der Waals surface area contributed by atoms with Crippen molar-refractivity contribution in [1.82, 2.24) is 0 Å². The first-order valence-corrected chi connectivity index (χ1v) is 4.76. The predicted molar refractivity (Wildman–Crippen MR) is 52.8 cm³/mol. The summed E-state index contributed by atoms with van der Waals surface area (Å²) in [5, 5.41) is 9.29. The van der Waals surface area contributed by atoms with Crippen molar-refractivity contribution in [3.05, 3.63) is 23.8 Å². The van der Waals surface area contributed by atoms with Gasteiger partial charge in [0.1, 0.15) is 11.5 Å². The normalized spacial score (nSPS) is 19.9. The number of benzene rings is 1. The van der Waals surface area contributed by atoms with E-state index in [0.29, 0.717) is 19.1 Å². The van der Waals surface area contributed by atoms with Crippen molar-refractivity contribution in [2.75, 3.05) is 20.3 Å². The minimum Gasteiger partial charge on any atom is -0.508 e. The largest absolute Gasteiger partial charge is 0.508 e. The highest BCUT2D eigenvalue weighted by Crippen LogP contribution is 2.35. The van der Waals surface area contributed by atoms with Crippen LogP contribution in [-0.2, 0) is 4.74 Å². The molecule has 1 aromatic rings. The van der Waals surface area contributed by atoms with Gasteiger partial charge < -0.3 is 14.6 Å². The topological polar surface area (TPSA) is 38.7 Å². The van der Waals surface area contributed by atoms with Gasteiger partial charge in [-0.1, -0.05) is 6.07 Å². The smallest absolute Gasteiger partial charge is 0.126 e. The van der Waals surface area contributed by atoms with Crippen LogP contribution in [0.25, 0.3) is 0 Å². The lowest BCUT2D eigenvalue weighted by atomic mass is 9.94. The lowest BCUT2D eigenvalue weighted by Crippen LogP contribution is -2.17. The van der Waals surface area contributed by atoms with Gasteiger partial charge in [-0.3, -0.25) is 0 Å².